The summed E-state index contributed by atoms with van der Waals surface area (Å²) in [4.78, 5) is 16.6. The predicted octanol–water partition coefficient (Wildman–Crippen LogP) is 3.74. The second-order valence-corrected chi connectivity index (χ2v) is 6.30. The molecule has 132 valence electrons. The van der Waals surface area contributed by atoms with Gasteiger partial charge in [-0.25, -0.2) is 9.50 Å². The molecule has 3 rings (SSSR count). The van der Waals surface area contributed by atoms with Crippen molar-refractivity contribution in [1.82, 2.24) is 19.9 Å². The lowest BCUT2D eigenvalue weighted by Crippen LogP contribution is -2.43. The highest BCUT2D eigenvalue weighted by Crippen LogP contribution is 2.29. The van der Waals surface area contributed by atoms with E-state index < -0.39 is 18.1 Å². The van der Waals surface area contributed by atoms with Crippen molar-refractivity contribution in [2.45, 2.75) is 26.1 Å². The Morgan fingerprint density at radius 2 is 2.12 bits per heavy atom. The molecule has 1 atom stereocenters. The zero-order chi connectivity index (χ0) is 18.4. The number of hydrogen-bond donors (Lipinski definition) is 1. The van der Waals surface area contributed by atoms with Gasteiger partial charge in [0.05, 0.1) is 21.9 Å². The Balaban J connectivity index is 2.04. The fraction of sp³-hybridized carbons (Fsp3) is 0.267. The van der Waals surface area contributed by atoms with E-state index in [1.807, 2.05) is 5.32 Å². The van der Waals surface area contributed by atoms with Crippen molar-refractivity contribution in [3.63, 3.8) is 0 Å². The van der Waals surface area contributed by atoms with Crippen LogP contribution < -0.4 is 5.32 Å². The molecular formula is C15H12BrF3N4O2. The van der Waals surface area contributed by atoms with Gasteiger partial charge in [-0.2, -0.15) is 18.3 Å². The fourth-order valence-corrected chi connectivity index (χ4v) is 2.64. The van der Waals surface area contributed by atoms with Gasteiger partial charge in [0, 0.05) is 5.69 Å². The highest BCUT2D eigenvalue weighted by atomic mass is 79.9. The first kappa shape index (κ1) is 17.5. The lowest BCUT2D eigenvalue weighted by atomic mass is 10.2. The summed E-state index contributed by atoms with van der Waals surface area (Å²) in [5, 5.41) is 5.94. The Hall–Kier alpha value is -2.36. The van der Waals surface area contributed by atoms with Crippen LogP contribution in [0.5, 0.6) is 0 Å². The number of amides is 1. The summed E-state index contributed by atoms with van der Waals surface area (Å²) in [7, 11) is 0. The van der Waals surface area contributed by atoms with Crippen LogP contribution in [0.15, 0.2) is 33.7 Å². The summed E-state index contributed by atoms with van der Waals surface area (Å²) in [6.45, 7) is 2.62. The number of furan rings is 1. The number of hydrogen-bond acceptors (Lipinski definition) is 4. The molecule has 0 aliphatic rings. The smallest absolute Gasteiger partial charge is 0.408 e. The number of fused-ring (bicyclic) bond motifs is 1. The summed E-state index contributed by atoms with van der Waals surface area (Å²) in [5.74, 6) is -0.893. The van der Waals surface area contributed by atoms with Gasteiger partial charge in [0.15, 0.2) is 5.65 Å². The SMILES string of the molecule is Cc1cc(-c2cocc2Br)nc2c(C(=O)N[C@H](C)C(F)(F)F)cnn12. The fourth-order valence-electron chi connectivity index (χ4n) is 2.23. The van der Waals surface area contributed by atoms with E-state index in [1.165, 1.54) is 23.2 Å². The summed E-state index contributed by atoms with van der Waals surface area (Å²) >= 11 is 3.32. The molecule has 1 N–H and O–H groups in total. The molecule has 0 fully saturated rings. The van der Waals surface area contributed by atoms with E-state index in [2.05, 4.69) is 26.0 Å². The molecule has 3 heterocycles. The minimum Gasteiger partial charge on any atom is -0.471 e. The molecule has 0 unspecified atom stereocenters. The maximum atomic E-state index is 12.7. The van der Waals surface area contributed by atoms with Crippen molar-refractivity contribution in [2.24, 2.45) is 0 Å². The molecule has 0 saturated heterocycles. The van der Waals surface area contributed by atoms with Crippen molar-refractivity contribution in [3.05, 3.63) is 40.5 Å². The number of halogens is 4. The number of nitrogens with zero attached hydrogens (tertiary/aromatic N) is 3. The standard InChI is InChI=1S/C15H12BrF3N4O2/c1-7-3-12(10-5-25-6-11(10)16)22-13-9(4-20-23(7)13)14(24)21-8(2)15(17,18)19/h3-6,8H,1-2H3,(H,21,24)/t8-/m1/s1. The minimum atomic E-state index is -4.53. The van der Waals surface area contributed by atoms with Crippen LogP contribution in [0.3, 0.4) is 0 Å². The third-order valence-electron chi connectivity index (χ3n) is 3.62. The van der Waals surface area contributed by atoms with E-state index in [0.717, 1.165) is 6.92 Å². The molecule has 0 aliphatic heterocycles. The molecular weight excluding hydrogens is 405 g/mol. The van der Waals surface area contributed by atoms with Crippen LogP contribution in [0, 0.1) is 6.92 Å². The number of rotatable bonds is 3. The summed E-state index contributed by atoms with van der Waals surface area (Å²) in [6.07, 6.45) is -0.382. The zero-order valence-corrected chi connectivity index (χ0v) is 14.6. The maximum Gasteiger partial charge on any atom is 0.408 e. The zero-order valence-electron chi connectivity index (χ0n) is 13.1. The van der Waals surface area contributed by atoms with E-state index in [0.29, 0.717) is 21.4 Å². The largest absolute Gasteiger partial charge is 0.471 e. The van der Waals surface area contributed by atoms with Gasteiger partial charge >= 0.3 is 6.18 Å². The van der Waals surface area contributed by atoms with Gasteiger partial charge in [0.1, 0.15) is 24.1 Å². The van der Waals surface area contributed by atoms with Crippen LogP contribution in [0.25, 0.3) is 16.9 Å². The highest BCUT2D eigenvalue weighted by molar-refractivity contribution is 9.10. The van der Waals surface area contributed by atoms with Crippen LogP contribution in [0.1, 0.15) is 23.0 Å². The summed E-state index contributed by atoms with van der Waals surface area (Å²) in [5.41, 5.74) is 1.94. The lowest BCUT2D eigenvalue weighted by molar-refractivity contribution is -0.149. The normalized spacial score (nSPS) is 13.2. The molecule has 3 aromatic rings. The average Bonchev–Trinajstić information content (AvgIpc) is 3.12. The van der Waals surface area contributed by atoms with E-state index >= 15 is 0 Å². The van der Waals surface area contributed by atoms with E-state index in [9.17, 15) is 18.0 Å². The highest BCUT2D eigenvalue weighted by Gasteiger charge is 2.37. The predicted molar refractivity (Wildman–Crippen MR) is 86.1 cm³/mol. The van der Waals surface area contributed by atoms with Crippen molar-refractivity contribution in [2.75, 3.05) is 0 Å². The molecule has 0 saturated carbocycles. The number of carbonyl (C=O) groups is 1. The van der Waals surface area contributed by atoms with Crippen LogP contribution >= 0.6 is 15.9 Å². The summed E-state index contributed by atoms with van der Waals surface area (Å²) < 4.78 is 45.1. The molecule has 6 nitrogen and oxygen atoms in total. The third-order valence-corrected chi connectivity index (χ3v) is 4.24. The van der Waals surface area contributed by atoms with Gasteiger partial charge in [-0.15, -0.1) is 0 Å². The Morgan fingerprint density at radius 1 is 1.40 bits per heavy atom. The first-order chi connectivity index (χ1) is 11.7. The summed E-state index contributed by atoms with van der Waals surface area (Å²) in [6, 6.07) is -0.252. The maximum absolute atomic E-state index is 12.7. The first-order valence-corrected chi connectivity index (χ1v) is 7.93. The second-order valence-electron chi connectivity index (χ2n) is 5.45. The molecule has 0 spiro atoms. The molecule has 10 heteroatoms. The molecule has 0 radical (unpaired) electrons. The van der Waals surface area contributed by atoms with Crippen LogP contribution in [-0.2, 0) is 0 Å². The van der Waals surface area contributed by atoms with Gasteiger partial charge in [0.2, 0.25) is 0 Å². The molecule has 1 amide bonds. The van der Waals surface area contributed by atoms with E-state index in [-0.39, 0.29) is 11.2 Å². The molecule has 0 bridgehead atoms. The van der Waals surface area contributed by atoms with Gasteiger partial charge in [-0.05, 0) is 35.8 Å². The van der Waals surface area contributed by atoms with E-state index in [1.54, 1.807) is 13.0 Å². The monoisotopic (exact) mass is 416 g/mol. The second kappa shape index (κ2) is 6.17. The van der Waals surface area contributed by atoms with Crippen LogP contribution in [0.2, 0.25) is 0 Å². The van der Waals surface area contributed by atoms with Crippen LogP contribution in [-0.4, -0.2) is 32.7 Å². The van der Waals surface area contributed by atoms with Crippen molar-refractivity contribution in [3.8, 4) is 11.3 Å². The number of aryl methyl sites for hydroxylation is 1. The van der Waals surface area contributed by atoms with Gasteiger partial charge < -0.3 is 9.73 Å². The lowest BCUT2D eigenvalue weighted by Gasteiger charge is -2.16. The minimum absolute atomic E-state index is 0.0410. The molecule has 3 aromatic heterocycles. The Kier molecular flexibility index (Phi) is 4.31. The Labute approximate surface area is 148 Å². The quantitative estimate of drug-likeness (QED) is 0.705. The van der Waals surface area contributed by atoms with Crippen molar-refractivity contribution >= 4 is 27.5 Å². The number of alkyl halides is 3. The molecule has 25 heavy (non-hydrogen) atoms. The number of nitrogens with one attached hydrogen (secondary N) is 1. The van der Waals surface area contributed by atoms with E-state index in [4.69, 9.17) is 4.42 Å². The van der Waals surface area contributed by atoms with Crippen LogP contribution in [0.4, 0.5) is 13.2 Å². The third kappa shape index (κ3) is 3.26. The number of aromatic nitrogens is 3. The molecule has 0 aliphatic carbocycles. The van der Waals surface area contributed by atoms with Gasteiger partial charge in [0.25, 0.3) is 5.91 Å². The topological polar surface area (TPSA) is 72.4 Å². The Bertz CT molecular complexity index is 948. The molecule has 0 aromatic carbocycles. The Morgan fingerprint density at radius 3 is 2.72 bits per heavy atom. The van der Waals surface area contributed by atoms with Crippen molar-refractivity contribution < 1.29 is 22.4 Å². The number of carbonyl (C=O) groups excluding carboxylic acids is 1. The van der Waals surface area contributed by atoms with Gasteiger partial charge in [-0.1, -0.05) is 0 Å². The van der Waals surface area contributed by atoms with Gasteiger partial charge in [-0.3, -0.25) is 4.79 Å². The first-order valence-electron chi connectivity index (χ1n) is 7.13. The van der Waals surface area contributed by atoms with Crippen molar-refractivity contribution in [1.29, 1.82) is 0 Å². The average molecular weight is 417 g/mol.